The van der Waals surface area contributed by atoms with Gasteiger partial charge in [0.2, 0.25) is 0 Å². The van der Waals surface area contributed by atoms with Crippen molar-refractivity contribution in [1.29, 1.82) is 0 Å². The highest BCUT2D eigenvalue weighted by Gasteiger charge is 2.24. The lowest BCUT2D eigenvalue weighted by Gasteiger charge is -2.34. The zero-order valence-corrected chi connectivity index (χ0v) is 21.1. The van der Waals surface area contributed by atoms with Gasteiger partial charge in [-0.15, -0.1) is 24.0 Å². The molecule has 0 spiro atoms. The molecule has 3 rings (SSSR count). The van der Waals surface area contributed by atoms with Gasteiger partial charge in [0, 0.05) is 38.2 Å². The van der Waals surface area contributed by atoms with Gasteiger partial charge in [0.1, 0.15) is 6.54 Å². The Morgan fingerprint density at radius 3 is 2.67 bits per heavy atom. The van der Waals surface area contributed by atoms with Crippen LogP contribution in [0.25, 0.3) is 0 Å². The molecule has 172 valence electrons. The number of halogens is 1. The van der Waals surface area contributed by atoms with Crippen LogP contribution in [0.3, 0.4) is 0 Å². The van der Waals surface area contributed by atoms with Gasteiger partial charge in [-0.2, -0.15) is 0 Å². The lowest BCUT2D eigenvalue weighted by Crippen LogP contribution is -2.47. The van der Waals surface area contributed by atoms with E-state index in [1.807, 2.05) is 0 Å². The van der Waals surface area contributed by atoms with E-state index >= 15 is 0 Å². The number of ether oxygens (including phenoxy) is 2. The Hall–Kier alpha value is -0.870. The Morgan fingerprint density at radius 1 is 1.27 bits per heavy atom. The van der Waals surface area contributed by atoms with Gasteiger partial charge in [-0.25, -0.2) is 4.99 Å². The minimum Gasteiger partial charge on any atom is -0.376 e. The maximum absolute atomic E-state index is 6.10. The van der Waals surface area contributed by atoms with E-state index in [4.69, 9.17) is 19.0 Å². The highest BCUT2D eigenvalue weighted by Crippen LogP contribution is 2.23. The molecule has 2 aliphatic heterocycles. The number of guanidine groups is 1. The fourth-order valence-corrected chi connectivity index (χ4v) is 4.13. The Morgan fingerprint density at radius 2 is 2.03 bits per heavy atom. The van der Waals surface area contributed by atoms with Crippen molar-refractivity contribution in [3.8, 4) is 0 Å². The van der Waals surface area contributed by atoms with Gasteiger partial charge in [0.05, 0.1) is 24.5 Å². The molecule has 2 saturated heterocycles. The van der Waals surface area contributed by atoms with Crippen molar-refractivity contribution in [2.75, 3.05) is 32.8 Å². The summed E-state index contributed by atoms with van der Waals surface area (Å²) in [6, 6.07) is 2.07. The second-order valence-electron chi connectivity index (χ2n) is 8.06. The van der Waals surface area contributed by atoms with Gasteiger partial charge in [-0.05, 0) is 45.4 Å². The zero-order chi connectivity index (χ0) is 20.5. The molecular weight excluding hydrogens is 495 g/mol. The van der Waals surface area contributed by atoms with Crippen LogP contribution in [0.4, 0.5) is 0 Å². The smallest absolute Gasteiger partial charge is 0.194 e. The van der Waals surface area contributed by atoms with Crippen molar-refractivity contribution in [2.45, 2.75) is 84.0 Å². The lowest BCUT2D eigenvalue weighted by atomic mass is 9.99. The number of likely N-dealkylation sites (tertiary alicyclic amines) is 1. The van der Waals surface area contributed by atoms with Crippen molar-refractivity contribution >= 4 is 29.9 Å². The van der Waals surface area contributed by atoms with Crippen molar-refractivity contribution in [3.63, 3.8) is 0 Å². The molecular formula is C22H39IN4O3. The van der Waals surface area contributed by atoms with Gasteiger partial charge in [0.15, 0.2) is 11.7 Å². The molecule has 1 atom stereocenters. The molecule has 2 aliphatic rings. The Kier molecular flexibility index (Phi) is 11.4. The van der Waals surface area contributed by atoms with Gasteiger partial charge in [0.25, 0.3) is 0 Å². The van der Waals surface area contributed by atoms with Crippen LogP contribution in [0.5, 0.6) is 0 Å². The van der Waals surface area contributed by atoms with Crippen LogP contribution >= 0.6 is 24.0 Å². The third-order valence-corrected chi connectivity index (χ3v) is 5.98. The molecule has 0 radical (unpaired) electrons. The van der Waals surface area contributed by atoms with E-state index < -0.39 is 0 Å². The Labute approximate surface area is 198 Å². The summed E-state index contributed by atoms with van der Waals surface area (Å²) in [6.07, 6.45) is 7.15. The zero-order valence-electron chi connectivity index (χ0n) is 18.8. The predicted octanol–water partition coefficient (Wildman–Crippen LogP) is 4.32. The van der Waals surface area contributed by atoms with Gasteiger partial charge in [-0.3, -0.25) is 0 Å². The number of hydrogen-bond donors (Lipinski definition) is 1. The minimum absolute atomic E-state index is 0. The molecule has 1 unspecified atom stereocenters. The monoisotopic (exact) mass is 534 g/mol. The van der Waals surface area contributed by atoms with Crippen LogP contribution in [0.1, 0.15) is 76.7 Å². The van der Waals surface area contributed by atoms with E-state index in [-0.39, 0.29) is 24.0 Å². The summed E-state index contributed by atoms with van der Waals surface area (Å²) in [6.45, 7) is 11.4. The van der Waals surface area contributed by atoms with E-state index in [1.54, 1.807) is 0 Å². The van der Waals surface area contributed by atoms with Crippen molar-refractivity contribution in [2.24, 2.45) is 4.99 Å². The number of piperidine rings is 1. The molecule has 0 aliphatic carbocycles. The van der Waals surface area contributed by atoms with E-state index in [0.29, 0.717) is 24.7 Å². The number of aromatic nitrogens is 1. The van der Waals surface area contributed by atoms with Crippen LogP contribution in [0.2, 0.25) is 0 Å². The fraction of sp³-hybridized carbons (Fsp3) is 0.818. The molecule has 0 aromatic carbocycles. The molecule has 8 heteroatoms. The molecule has 0 bridgehead atoms. The molecule has 3 heterocycles. The van der Waals surface area contributed by atoms with Crippen LogP contribution in [-0.4, -0.2) is 61.1 Å². The van der Waals surface area contributed by atoms with Crippen LogP contribution in [0, 0.1) is 0 Å². The maximum Gasteiger partial charge on any atom is 0.194 e. The third kappa shape index (κ3) is 7.37. The number of nitrogens with one attached hydrogen (secondary N) is 1. The van der Waals surface area contributed by atoms with E-state index in [9.17, 15) is 0 Å². The largest absolute Gasteiger partial charge is 0.376 e. The number of nitrogens with zero attached hydrogens (tertiary/aromatic N) is 3. The first-order valence-electron chi connectivity index (χ1n) is 11.4. The van der Waals surface area contributed by atoms with E-state index in [2.05, 4.69) is 42.2 Å². The van der Waals surface area contributed by atoms with Crippen LogP contribution < -0.4 is 5.32 Å². The van der Waals surface area contributed by atoms with Crippen LogP contribution in [-0.2, 0) is 16.0 Å². The third-order valence-electron chi connectivity index (χ3n) is 5.98. The van der Waals surface area contributed by atoms with Crippen molar-refractivity contribution < 1.29 is 14.0 Å². The molecule has 1 N–H and O–H groups in total. The van der Waals surface area contributed by atoms with Crippen molar-refractivity contribution in [3.05, 3.63) is 17.5 Å². The second-order valence-corrected chi connectivity index (χ2v) is 8.06. The highest BCUT2D eigenvalue weighted by atomic mass is 127. The Bertz CT molecular complexity index is 622. The summed E-state index contributed by atoms with van der Waals surface area (Å²) >= 11 is 0. The standard InChI is InChI=1S/C22H38N4O3.HI/c1-4-17(5-2)21-14-20(29-25-21)15-24-22(23-6-3)26-11-9-18(10-12-26)28-16-19-8-7-13-27-19;/h14,17-19H,4-13,15-16H2,1-3H3,(H,23,24);1H. The van der Waals surface area contributed by atoms with Gasteiger partial charge < -0.3 is 24.2 Å². The average molecular weight is 534 g/mol. The quantitative estimate of drug-likeness (QED) is 0.289. The molecule has 1 aromatic rings. The summed E-state index contributed by atoms with van der Waals surface area (Å²) in [7, 11) is 0. The van der Waals surface area contributed by atoms with Crippen molar-refractivity contribution in [1.82, 2.24) is 15.4 Å². The molecule has 2 fully saturated rings. The minimum atomic E-state index is 0. The summed E-state index contributed by atoms with van der Waals surface area (Å²) < 4.78 is 17.3. The molecule has 0 saturated carbocycles. The topological polar surface area (TPSA) is 72.1 Å². The number of aliphatic imine (C=N–C) groups is 1. The molecule has 7 nitrogen and oxygen atoms in total. The maximum atomic E-state index is 6.10. The number of hydrogen-bond acceptors (Lipinski definition) is 5. The molecule has 30 heavy (non-hydrogen) atoms. The second kappa shape index (κ2) is 13.5. The summed E-state index contributed by atoms with van der Waals surface area (Å²) in [5.74, 6) is 2.25. The van der Waals surface area contributed by atoms with Gasteiger partial charge in [-0.1, -0.05) is 19.0 Å². The normalized spacial score (nSPS) is 20.6. The fourth-order valence-electron chi connectivity index (χ4n) is 4.13. The van der Waals surface area contributed by atoms with E-state index in [1.165, 1.54) is 6.42 Å². The lowest BCUT2D eigenvalue weighted by molar-refractivity contribution is -0.0367. The number of rotatable bonds is 9. The average Bonchev–Trinajstić information content (AvgIpc) is 3.43. The van der Waals surface area contributed by atoms with E-state index in [0.717, 1.165) is 82.4 Å². The first kappa shape index (κ1) is 25.4. The van der Waals surface area contributed by atoms with Crippen LogP contribution in [0.15, 0.2) is 15.6 Å². The highest BCUT2D eigenvalue weighted by molar-refractivity contribution is 14.0. The summed E-state index contributed by atoms with van der Waals surface area (Å²) in [5, 5.41) is 7.67. The first-order chi connectivity index (χ1) is 14.2. The predicted molar refractivity (Wildman–Crippen MR) is 130 cm³/mol. The first-order valence-corrected chi connectivity index (χ1v) is 11.4. The summed E-state index contributed by atoms with van der Waals surface area (Å²) in [4.78, 5) is 7.13. The summed E-state index contributed by atoms with van der Waals surface area (Å²) in [5.41, 5.74) is 1.05. The molecule has 1 aromatic heterocycles. The van der Waals surface area contributed by atoms with Gasteiger partial charge >= 0.3 is 0 Å². The Balaban J connectivity index is 0.00000320. The molecule has 0 amide bonds. The SMILES string of the molecule is CCNC(=NCc1cc(C(CC)CC)no1)N1CCC(OCC2CCCO2)CC1.I.